The van der Waals surface area contributed by atoms with Gasteiger partial charge in [0.25, 0.3) is 0 Å². The number of hydrogen-bond acceptors (Lipinski definition) is 3. The summed E-state index contributed by atoms with van der Waals surface area (Å²) in [6.07, 6.45) is 5.82. The van der Waals surface area contributed by atoms with Crippen molar-refractivity contribution in [2.45, 2.75) is 46.2 Å². The van der Waals surface area contributed by atoms with Gasteiger partial charge in [-0.15, -0.1) is 0 Å². The first-order valence-corrected chi connectivity index (χ1v) is 7.76. The summed E-state index contributed by atoms with van der Waals surface area (Å²) >= 11 is 0. The lowest BCUT2D eigenvalue weighted by molar-refractivity contribution is 0.202. The standard InChI is InChI=1S/C16H24N4/c1-4-19-10-6-8-15(19)20-14(11-12(2)3)18-13-7-5-9-17-16(13)20/h5,7,9,12,15H,4,6,8,10-11H2,1-3H3. The van der Waals surface area contributed by atoms with Crippen LogP contribution in [0, 0.1) is 5.92 Å². The van der Waals surface area contributed by atoms with E-state index in [1.54, 1.807) is 0 Å². The molecule has 3 heterocycles. The molecule has 0 aliphatic carbocycles. The highest BCUT2D eigenvalue weighted by Gasteiger charge is 2.28. The molecule has 1 aliphatic rings. The molecule has 0 N–H and O–H groups in total. The number of hydrogen-bond donors (Lipinski definition) is 0. The molecule has 0 aromatic carbocycles. The van der Waals surface area contributed by atoms with E-state index in [2.05, 4.69) is 41.3 Å². The molecule has 1 fully saturated rings. The minimum atomic E-state index is 0.439. The molecule has 1 saturated heterocycles. The molecule has 4 heteroatoms. The first-order chi connectivity index (χ1) is 9.70. The summed E-state index contributed by atoms with van der Waals surface area (Å²) in [6.45, 7) is 9.03. The Hall–Kier alpha value is -1.42. The van der Waals surface area contributed by atoms with E-state index in [1.165, 1.54) is 25.2 Å². The van der Waals surface area contributed by atoms with Gasteiger partial charge in [-0.2, -0.15) is 0 Å². The van der Waals surface area contributed by atoms with Crippen molar-refractivity contribution in [2.75, 3.05) is 13.1 Å². The van der Waals surface area contributed by atoms with Crippen molar-refractivity contribution in [3.8, 4) is 0 Å². The Morgan fingerprint density at radius 2 is 2.25 bits per heavy atom. The Morgan fingerprint density at radius 3 is 3.00 bits per heavy atom. The molecule has 20 heavy (non-hydrogen) atoms. The number of rotatable bonds is 4. The largest absolute Gasteiger partial charge is 0.296 e. The number of likely N-dealkylation sites (tertiary alicyclic amines) is 1. The average molecular weight is 272 g/mol. The number of nitrogens with zero attached hydrogens (tertiary/aromatic N) is 4. The van der Waals surface area contributed by atoms with E-state index >= 15 is 0 Å². The fourth-order valence-electron chi connectivity index (χ4n) is 3.27. The molecule has 0 amide bonds. The Labute approximate surface area is 120 Å². The zero-order valence-electron chi connectivity index (χ0n) is 12.7. The highest BCUT2D eigenvalue weighted by Crippen LogP contribution is 2.31. The van der Waals surface area contributed by atoms with Gasteiger partial charge in [0.15, 0.2) is 5.65 Å². The monoisotopic (exact) mass is 272 g/mol. The third-order valence-electron chi connectivity index (χ3n) is 4.15. The van der Waals surface area contributed by atoms with Crippen LogP contribution >= 0.6 is 0 Å². The first kappa shape index (κ1) is 13.6. The van der Waals surface area contributed by atoms with E-state index in [0.29, 0.717) is 12.1 Å². The third-order valence-corrected chi connectivity index (χ3v) is 4.15. The predicted molar refractivity (Wildman–Crippen MR) is 81.6 cm³/mol. The van der Waals surface area contributed by atoms with Crippen LogP contribution in [-0.2, 0) is 6.42 Å². The molecule has 1 unspecified atom stereocenters. The molecule has 1 atom stereocenters. The molecular weight excluding hydrogens is 248 g/mol. The van der Waals surface area contributed by atoms with Crippen LogP contribution in [0.2, 0.25) is 0 Å². The molecule has 0 saturated carbocycles. The van der Waals surface area contributed by atoms with Crippen LogP contribution in [0.1, 0.15) is 45.6 Å². The number of fused-ring (bicyclic) bond motifs is 1. The Kier molecular flexibility index (Phi) is 3.74. The van der Waals surface area contributed by atoms with Crippen LogP contribution in [0.15, 0.2) is 18.3 Å². The summed E-state index contributed by atoms with van der Waals surface area (Å²) in [4.78, 5) is 12.0. The molecule has 2 aromatic rings. The van der Waals surface area contributed by atoms with Gasteiger partial charge in [-0.05, 0) is 37.4 Å². The number of pyridine rings is 1. The summed E-state index contributed by atoms with van der Waals surface area (Å²) in [7, 11) is 0. The van der Waals surface area contributed by atoms with Gasteiger partial charge < -0.3 is 0 Å². The van der Waals surface area contributed by atoms with Crippen molar-refractivity contribution in [2.24, 2.45) is 5.92 Å². The van der Waals surface area contributed by atoms with Gasteiger partial charge in [-0.25, -0.2) is 9.97 Å². The predicted octanol–water partition coefficient (Wildman–Crippen LogP) is 3.24. The lowest BCUT2D eigenvalue weighted by Gasteiger charge is -2.26. The van der Waals surface area contributed by atoms with Crippen molar-refractivity contribution in [1.82, 2.24) is 19.4 Å². The molecule has 4 nitrogen and oxygen atoms in total. The zero-order chi connectivity index (χ0) is 14.1. The lowest BCUT2D eigenvalue weighted by Crippen LogP contribution is -2.28. The Morgan fingerprint density at radius 1 is 1.40 bits per heavy atom. The maximum absolute atomic E-state index is 4.84. The lowest BCUT2D eigenvalue weighted by atomic mass is 10.1. The van der Waals surface area contributed by atoms with E-state index in [4.69, 9.17) is 4.98 Å². The minimum absolute atomic E-state index is 0.439. The summed E-state index contributed by atoms with van der Waals surface area (Å²) in [6, 6.07) is 4.05. The molecule has 0 bridgehead atoms. The van der Waals surface area contributed by atoms with Crippen molar-refractivity contribution in [1.29, 1.82) is 0 Å². The van der Waals surface area contributed by atoms with Gasteiger partial charge in [0.2, 0.25) is 0 Å². The van der Waals surface area contributed by atoms with Crippen LogP contribution < -0.4 is 0 Å². The molecule has 0 spiro atoms. The van der Waals surface area contributed by atoms with Gasteiger partial charge in [-0.3, -0.25) is 9.47 Å². The van der Waals surface area contributed by atoms with Crippen molar-refractivity contribution >= 4 is 11.2 Å². The molecule has 1 aliphatic heterocycles. The second-order valence-electron chi connectivity index (χ2n) is 6.09. The Balaban J connectivity index is 2.10. The quantitative estimate of drug-likeness (QED) is 0.857. The Bertz CT molecular complexity index is 587. The summed E-state index contributed by atoms with van der Waals surface area (Å²) in [5.74, 6) is 1.81. The average Bonchev–Trinajstić information content (AvgIpc) is 3.00. The van der Waals surface area contributed by atoms with Crippen molar-refractivity contribution in [3.05, 3.63) is 24.2 Å². The van der Waals surface area contributed by atoms with Gasteiger partial charge in [0.1, 0.15) is 11.3 Å². The van der Waals surface area contributed by atoms with E-state index in [1.807, 2.05) is 12.3 Å². The molecule has 0 radical (unpaired) electrons. The number of imidazole rings is 1. The first-order valence-electron chi connectivity index (χ1n) is 7.76. The topological polar surface area (TPSA) is 34.0 Å². The molecule has 2 aromatic heterocycles. The zero-order valence-corrected chi connectivity index (χ0v) is 12.7. The van der Waals surface area contributed by atoms with Gasteiger partial charge in [-0.1, -0.05) is 20.8 Å². The van der Waals surface area contributed by atoms with Crippen LogP contribution in [0.4, 0.5) is 0 Å². The smallest absolute Gasteiger partial charge is 0.161 e. The van der Waals surface area contributed by atoms with E-state index in [9.17, 15) is 0 Å². The molecular formula is C16H24N4. The third kappa shape index (κ3) is 2.33. The number of aromatic nitrogens is 3. The summed E-state index contributed by atoms with van der Waals surface area (Å²) in [5.41, 5.74) is 2.08. The van der Waals surface area contributed by atoms with Crippen LogP contribution in [0.25, 0.3) is 11.2 Å². The van der Waals surface area contributed by atoms with Crippen LogP contribution in [0.5, 0.6) is 0 Å². The van der Waals surface area contributed by atoms with Crippen molar-refractivity contribution < 1.29 is 0 Å². The maximum atomic E-state index is 4.84. The van der Waals surface area contributed by atoms with E-state index < -0.39 is 0 Å². The molecule has 3 rings (SSSR count). The van der Waals surface area contributed by atoms with Crippen LogP contribution in [0.3, 0.4) is 0 Å². The minimum Gasteiger partial charge on any atom is -0.296 e. The van der Waals surface area contributed by atoms with E-state index in [-0.39, 0.29) is 0 Å². The van der Waals surface area contributed by atoms with E-state index in [0.717, 1.165) is 24.1 Å². The maximum Gasteiger partial charge on any atom is 0.161 e. The molecule has 108 valence electrons. The normalized spacial score (nSPS) is 20.3. The highest BCUT2D eigenvalue weighted by molar-refractivity contribution is 5.71. The summed E-state index contributed by atoms with van der Waals surface area (Å²) in [5, 5.41) is 0. The fraction of sp³-hybridized carbons (Fsp3) is 0.625. The second-order valence-corrected chi connectivity index (χ2v) is 6.09. The van der Waals surface area contributed by atoms with Gasteiger partial charge >= 0.3 is 0 Å². The van der Waals surface area contributed by atoms with Crippen molar-refractivity contribution in [3.63, 3.8) is 0 Å². The second kappa shape index (κ2) is 5.52. The highest BCUT2D eigenvalue weighted by atomic mass is 15.3. The van der Waals surface area contributed by atoms with Gasteiger partial charge in [0.05, 0.1) is 6.17 Å². The SMILES string of the molecule is CCN1CCCC1n1c(CC(C)C)nc2cccnc21. The van der Waals surface area contributed by atoms with Crippen LogP contribution in [-0.4, -0.2) is 32.5 Å². The summed E-state index contributed by atoms with van der Waals surface area (Å²) < 4.78 is 2.39. The fourth-order valence-corrected chi connectivity index (χ4v) is 3.27. The van der Waals surface area contributed by atoms with Gasteiger partial charge in [0, 0.05) is 19.2 Å².